The van der Waals surface area contributed by atoms with Crippen LogP contribution in [-0.4, -0.2) is 44.2 Å². The van der Waals surface area contributed by atoms with Gasteiger partial charge in [-0.05, 0) is 25.8 Å². The van der Waals surface area contributed by atoms with E-state index in [1.807, 2.05) is 20.9 Å². The third-order valence-corrected chi connectivity index (χ3v) is 2.30. The minimum atomic E-state index is 0.176. The molecule has 0 aromatic carbocycles. The highest BCUT2D eigenvalue weighted by molar-refractivity contribution is 5.75. The SMILES string of the molecule is CCOCCCC(=O)N(C)CC(C)CN. The lowest BCUT2D eigenvalue weighted by molar-refractivity contribution is -0.130. The first-order valence-electron chi connectivity index (χ1n) is 5.63. The average molecular weight is 216 g/mol. The van der Waals surface area contributed by atoms with Gasteiger partial charge in [0.05, 0.1) is 0 Å². The molecule has 0 saturated heterocycles. The second kappa shape index (κ2) is 8.68. The molecule has 1 unspecified atom stereocenters. The van der Waals surface area contributed by atoms with Gasteiger partial charge in [-0.15, -0.1) is 0 Å². The number of hydrogen-bond donors (Lipinski definition) is 1. The number of carbonyl (C=O) groups is 1. The summed E-state index contributed by atoms with van der Waals surface area (Å²) >= 11 is 0. The highest BCUT2D eigenvalue weighted by atomic mass is 16.5. The first-order chi connectivity index (χ1) is 7.11. The summed E-state index contributed by atoms with van der Waals surface area (Å²) in [5.41, 5.74) is 5.50. The van der Waals surface area contributed by atoms with Gasteiger partial charge in [-0.2, -0.15) is 0 Å². The molecule has 1 atom stereocenters. The van der Waals surface area contributed by atoms with Crippen molar-refractivity contribution >= 4 is 5.91 Å². The zero-order chi connectivity index (χ0) is 11.7. The molecular formula is C11H24N2O2. The van der Waals surface area contributed by atoms with Crippen molar-refractivity contribution in [2.75, 3.05) is 33.4 Å². The van der Waals surface area contributed by atoms with Crippen molar-refractivity contribution in [3.63, 3.8) is 0 Å². The number of nitrogens with two attached hydrogens (primary N) is 1. The molecule has 0 aliphatic rings. The Morgan fingerprint density at radius 3 is 2.73 bits per heavy atom. The van der Waals surface area contributed by atoms with Crippen LogP contribution in [0.25, 0.3) is 0 Å². The topological polar surface area (TPSA) is 55.6 Å². The van der Waals surface area contributed by atoms with Crippen LogP contribution in [0.15, 0.2) is 0 Å². The summed E-state index contributed by atoms with van der Waals surface area (Å²) in [5, 5.41) is 0. The standard InChI is InChI=1S/C11H24N2O2/c1-4-15-7-5-6-11(14)13(3)9-10(2)8-12/h10H,4-9,12H2,1-3H3. The molecule has 0 rings (SSSR count). The molecule has 4 nitrogen and oxygen atoms in total. The summed E-state index contributed by atoms with van der Waals surface area (Å²) in [6.07, 6.45) is 1.36. The van der Waals surface area contributed by atoms with E-state index in [0.29, 0.717) is 32.1 Å². The number of carbonyl (C=O) groups excluding carboxylic acids is 1. The Hall–Kier alpha value is -0.610. The molecule has 0 aliphatic carbocycles. The third-order valence-electron chi connectivity index (χ3n) is 2.30. The van der Waals surface area contributed by atoms with Gasteiger partial charge in [-0.3, -0.25) is 4.79 Å². The fourth-order valence-corrected chi connectivity index (χ4v) is 1.30. The van der Waals surface area contributed by atoms with Gasteiger partial charge in [-0.25, -0.2) is 0 Å². The summed E-state index contributed by atoms with van der Waals surface area (Å²) < 4.78 is 5.18. The summed E-state index contributed by atoms with van der Waals surface area (Å²) in [6, 6.07) is 0. The summed E-state index contributed by atoms with van der Waals surface area (Å²) in [5.74, 6) is 0.542. The zero-order valence-corrected chi connectivity index (χ0v) is 10.2. The summed E-state index contributed by atoms with van der Waals surface area (Å²) in [6.45, 7) is 6.75. The van der Waals surface area contributed by atoms with Crippen molar-refractivity contribution < 1.29 is 9.53 Å². The third kappa shape index (κ3) is 7.33. The van der Waals surface area contributed by atoms with Crippen LogP contribution >= 0.6 is 0 Å². The zero-order valence-electron chi connectivity index (χ0n) is 10.2. The maximum atomic E-state index is 11.6. The van der Waals surface area contributed by atoms with Gasteiger partial charge in [0.2, 0.25) is 5.91 Å². The van der Waals surface area contributed by atoms with Gasteiger partial charge in [-0.1, -0.05) is 6.92 Å². The van der Waals surface area contributed by atoms with E-state index in [1.165, 1.54) is 0 Å². The van der Waals surface area contributed by atoms with Crippen LogP contribution in [0.2, 0.25) is 0 Å². The van der Waals surface area contributed by atoms with Crippen molar-refractivity contribution in [1.29, 1.82) is 0 Å². The van der Waals surface area contributed by atoms with E-state index >= 15 is 0 Å². The second-order valence-electron chi connectivity index (χ2n) is 3.92. The Morgan fingerprint density at radius 2 is 2.20 bits per heavy atom. The highest BCUT2D eigenvalue weighted by Crippen LogP contribution is 2.00. The monoisotopic (exact) mass is 216 g/mol. The van der Waals surface area contributed by atoms with Gasteiger partial charge < -0.3 is 15.4 Å². The molecule has 15 heavy (non-hydrogen) atoms. The molecule has 0 aromatic rings. The Kier molecular flexibility index (Phi) is 8.33. The Morgan fingerprint density at radius 1 is 1.53 bits per heavy atom. The molecule has 90 valence electrons. The van der Waals surface area contributed by atoms with Gasteiger partial charge in [0.25, 0.3) is 0 Å². The van der Waals surface area contributed by atoms with E-state index in [2.05, 4.69) is 0 Å². The predicted molar refractivity (Wildman–Crippen MR) is 61.6 cm³/mol. The van der Waals surface area contributed by atoms with Crippen LogP contribution < -0.4 is 5.73 Å². The lowest BCUT2D eigenvalue weighted by Crippen LogP contribution is -2.33. The van der Waals surface area contributed by atoms with Crippen molar-refractivity contribution in [1.82, 2.24) is 4.90 Å². The molecule has 4 heteroatoms. The molecular weight excluding hydrogens is 192 g/mol. The van der Waals surface area contributed by atoms with Gasteiger partial charge in [0.1, 0.15) is 0 Å². The molecule has 2 N–H and O–H groups in total. The molecule has 0 heterocycles. The van der Waals surface area contributed by atoms with Crippen LogP contribution in [0, 0.1) is 5.92 Å². The Balaban J connectivity index is 3.60. The van der Waals surface area contributed by atoms with Gasteiger partial charge >= 0.3 is 0 Å². The van der Waals surface area contributed by atoms with Crippen molar-refractivity contribution in [3.8, 4) is 0 Å². The Bertz CT molecular complexity index is 174. The summed E-state index contributed by atoms with van der Waals surface area (Å²) in [7, 11) is 1.83. The highest BCUT2D eigenvalue weighted by Gasteiger charge is 2.10. The Labute approximate surface area is 92.8 Å². The van der Waals surface area contributed by atoms with E-state index in [4.69, 9.17) is 10.5 Å². The van der Waals surface area contributed by atoms with Crippen molar-refractivity contribution in [2.24, 2.45) is 11.7 Å². The van der Waals surface area contributed by atoms with Crippen LogP contribution in [0.1, 0.15) is 26.7 Å². The molecule has 0 aromatic heterocycles. The largest absolute Gasteiger partial charge is 0.382 e. The first-order valence-corrected chi connectivity index (χ1v) is 5.63. The average Bonchev–Trinajstić information content (AvgIpc) is 2.23. The van der Waals surface area contributed by atoms with E-state index in [0.717, 1.165) is 13.0 Å². The quantitative estimate of drug-likeness (QED) is 0.612. The smallest absolute Gasteiger partial charge is 0.222 e. The van der Waals surface area contributed by atoms with E-state index in [9.17, 15) is 4.79 Å². The molecule has 0 fully saturated rings. The van der Waals surface area contributed by atoms with Gasteiger partial charge in [0, 0.05) is 33.2 Å². The van der Waals surface area contributed by atoms with Crippen LogP contribution in [0.3, 0.4) is 0 Å². The number of rotatable bonds is 8. The fraction of sp³-hybridized carbons (Fsp3) is 0.909. The maximum absolute atomic E-state index is 11.6. The lowest BCUT2D eigenvalue weighted by Gasteiger charge is -2.20. The van der Waals surface area contributed by atoms with Crippen molar-refractivity contribution in [3.05, 3.63) is 0 Å². The lowest BCUT2D eigenvalue weighted by atomic mass is 10.1. The van der Waals surface area contributed by atoms with Crippen molar-refractivity contribution in [2.45, 2.75) is 26.7 Å². The van der Waals surface area contributed by atoms with E-state index in [-0.39, 0.29) is 5.91 Å². The predicted octanol–water partition coefficient (Wildman–Crippen LogP) is 0.856. The molecule has 0 aliphatic heterocycles. The maximum Gasteiger partial charge on any atom is 0.222 e. The summed E-state index contributed by atoms with van der Waals surface area (Å²) in [4.78, 5) is 13.3. The van der Waals surface area contributed by atoms with E-state index in [1.54, 1.807) is 4.90 Å². The van der Waals surface area contributed by atoms with Crippen LogP contribution in [0.4, 0.5) is 0 Å². The fourth-order valence-electron chi connectivity index (χ4n) is 1.30. The number of nitrogens with zero attached hydrogens (tertiary/aromatic N) is 1. The van der Waals surface area contributed by atoms with E-state index < -0.39 is 0 Å². The number of ether oxygens (including phenoxy) is 1. The minimum absolute atomic E-state index is 0.176. The van der Waals surface area contributed by atoms with Gasteiger partial charge in [0.15, 0.2) is 0 Å². The molecule has 0 radical (unpaired) electrons. The molecule has 0 spiro atoms. The second-order valence-corrected chi connectivity index (χ2v) is 3.92. The molecule has 0 bridgehead atoms. The minimum Gasteiger partial charge on any atom is -0.382 e. The van der Waals surface area contributed by atoms with Crippen LogP contribution in [-0.2, 0) is 9.53 Å². The molecule has 0 saturated carbocycles. The normalized spacial score (nSPS) is 12.5. The number of amides is 1. The number of hydrogen-bond acceptors (Lipinski definition) is 3. The first kappa shape index (κ1) is 14.4. The van der Waals surface area contributed by atoms with Crippen LogP contribution in [0.5, 0.6) is 0 Å². The molecule has 1 amide bonds.